The number of hydrogen-bond acceptors (Lipinski definition) is 7. The second-order valence-corrected chi connectivity index (χ2v) is 6.34. The van der Waals surface area contributed by atoms with Crippen molar-refractivity contribution in [3.8, 4) is 0 Å². The predicted molar refractivity (Wildman–Crippen MR) is 76.7 cm³/mol. The highest BCUT2D eigenvalue weighted by molar-refractivity contribution is 7.46. The van der Waals surface area contributed by atoms with Gasteiger partial charge < -0.3 is 19.6 Å². The molecule has 0 bridgehead atoms. The maximum atomic E-state index is 11.9. The average molecular weight is 363 g/mol. The van der Waals surface area contributed by atoms with Gasteiger partial charge in [-0.3, -0.25) is 18.9 Å². The molecule has 0 radical (unpaired) electrons. The molecule has 0 saturated carbocycles. The number of rotatable bonds is 5. The van der Waals surface area contributed by atoms with E-state index in [1.165, 1.54) is 13.1 Å². The molecule has 1 aromatic heterocycles. The molecule has 14 heteroatoms. The van der Waals surface area contributed by atoms with Crippen LogP contribution in [0.4, 0.5) is 0 Å². The van der Waals surface area contributed by atoms with Gasteiger partial charge in [-0.1, -0.05) is 5.11 Å². The van der Waals surface area contributed by atoms with Crippen LogP contribution in [0.1, 0.15) is 18.2 Å². The van der Waals surface area contributed by atoms with Gasteiger partial charge in [0.25, 0.3) is 5.56 Å². The summed E-state index contributed by atoms with van der Waals surface area (Å²) in [6, 6.07) is 0. The number of aliphatic hydroxyl groups is 1. The normalized spacial score (nSPS) is 27.0. The molecule has 24 heavy (non-hydrogen) atoms. The smallest absolute Gasteiger partial charge is 0.390 e. The Labute approximate surface area is 133 Å². The molecule has 13 nitrogen and oxygen atoms in total. The van der Waals surface area contributed by atoms with Crippen molar-refractivity contribution in [1.29, 1.82) is 0 Å². The number of nitrogens with zero attached hydrogens (tertiary/aromatic N) is 4. The second-order valence-electron chi connectivity index (χ2n) is 5.10. The average Bonchev–Trinajstić information content (AvgIpc) is 2.78. The largest absolute Gasteiger partial charge is 0.469 e. The van der Waals surface area contributed by atoms with Crippen molar-refractivity contribution in [2.75, 3.05) is 6.61 Å². The zero-order chi connectivity index (χ0) is 18.1. The number of H-pyrrole nitrogens is 1. The van der Waals surface area contributed by atoms with Gasteiger partial charge in [-0.15, -0.1) is 0 Å². The van der Waals surface area contributed by atoms with Gasteiger partial charge in [0.05, 0.1) is 12.7 Å². The van der Waals surface area contributed by atoms with E-state index in [1.807, 2.05) is 4.98 Å². The van der Waals surface area contributed by atoms with Crippen LogP contribution in [0.25, 0.3) is 10.4 Å². The number of nitrogens with one attached hydrogen (secondary N) is 1. The van der Waals surface area contributed by atoms with Gasteiger partial charge in [0, 0.05) is 23.1 Å². The van der Waals surface area contributed by atoms with Crippen LogP contribution in [0.2, 0.25) is 0 Å². The molecule has 1 aromatic rings. The Morgan fingerprint density at radius 1 is 1.62 bits per heavy atom. The summed E-state index contributed by atoms with van der Waals surface area (Å²) in [4.78, 5) is 45.3. The number of phosphoric ester groups is 1. The number of aromatic nitrogens is 2. The van der Waals surface area contributed by atoms with Crippen LogP contribution in [-0.4, -0.2) is 42.9 Å². The molecule has 0 aromatic carbocycles. The molecule has 3 atom stereocenters. The summed E-state index contributed by atoms with van der Waals surface area (Å²) in [7, 11) is -4.92. The quantitative estimate of drug-likeness (QED) is 0.226. The van der Waals surface area contributed by atoms with Crippen LogP contribution in [0.3, 0.4) is 0 Å². The Bertz CT molecular complexity index is 838. The number of phosphoric acid groups is 1. The van der Waals surface area contributed by atoms with Gasteiger partial charge in [0.1, 0.15) is 6.23 Å². The number of aromatic amines is 1. The Morgan fingerprint density at radius 3 is 2.88 bits per heavy atom. The lowest BCUT2D eigenvalue weighted by atomic mass is 10.1. The van der Waals surface area contributed by atoms with Gasteiger partial charge in [-0.25, -0.2) is 9.36 Å². The van der Waals surface area contributed by atoms with Crippen LogP contribution < -0.4 is 11.2 Å². The van der Waals surface area contributed by atoms with E-state index >= 15 is 0 Å². The van der Waals surface area contributed by atoms with E-state index in [4.69, 9.17) is 20.1 Å². The van der Waals surface area contributed by atoms with Crippen LogP contribution >= 0.6 is 7.82 Å². The molecule has 132 valence electrons. The van der Waals surface area contributed by atoms with Crippen LogP contribution in [0.15, 0.2) is 20.9 Å². The zero-order valence-corrected chi connectivity index (χ0v) is 13.2. The van der Waals surface area contributed by atoms with Crippen molar-refractivity contribution in [2.24, 2.45) is 5.11 Å². The first-order valence-electron chi connectivity index (χ1n) is 6.52. The molecule has 1 saturated heterocycles. The van der Waals surface area contributed by atoms with Crippen LogP contribution in [-0.2, 0) is 13.8 Å². The SMILES string of the molecule is Cc1cn([C@H]2CC(O)[C@](COP(=O)(O)O)(N=[N+]=[N-])O2)c(=O)[nH]c1=O. The Hall–Kier alpha value is -1.98. The van der Waals surface area contributed by atoms with E-state index in [0.29, 0.717) is 0 Å². The van der Waals surface area contributed by atoms with Crippen molar-refractivity contribution >= 4 is 7.82 Å². The molecule has 0 aliphatic carbocycles. The monoisotopic (exact) mass is 363 g/mol. The third-order valence-electron chi connectivity index (χ3n) is 3.40. The maximum absolute atomic E-state index is 11.9. The van der Waals surface area contributed by atoms with Crippen LogP contribution in [0.5, 0.6) is 0 Å². The minimum absolute atomic E-state index is 0.195. The minimum Gasteiger partial charge on any atom is -0.390 e. The topological polar surface area (TPSA) is 200 Å². The fourth-order valence-corrected chi connectivity index (χ4v) is 2.56. The molecule has 0 amide bonds. The number of ether oxygens (including phenoxy) is 1. The lowest BCUT2D eigenvalue weighted by Gasteiger charge is -2.26. The van der Waals surface area contributed by atoms with E-state index in [9.17, 15) is 19.3 Å². The Kier molecular flexibility index (Phi) is 4.97. The molecule has 4 N–H and O–H groups in total. The highest BCUT2D eigenvalue weighted by Crippen LogP contribution is 2.43. The number of aryl methyl sites for hydroxylation is 1. The molecule has 1 aliphatic heterocycles. The number of aliphatic hydroxyl groups excluding tert-OH is 1. The fourth-order valence-electron chi connectivity index (χ4n) is 2.21. The van der Waals surface area contributed by atoms with E-state index in [2.05, 4.69) is 14.5 Å². The minimum atomic E-state index is -4.92. The molecular weight excluding hydrogens is 349 g/mol. The second kappa shape index (κ2) is 6.49. The zero-order valence-electron chi connectivity index (χ0n) is 12.3. The third kappa shape index (κ3) is 3.74. The summed E-state index contributed by atoms with van der Waals surface area (Å²) in [5.41, 5.74) is 5.27. The highest BCUT2D eigenvalue weighted by atomic mass is 31.2. The van der Waals surface area contributed by atoms with Crippen molar-refractivity contribution in [1.82, 2.24) is 9.55 Å². The van der Waals surface area contributed by atoms with Crippen molar-refractivity contribution < 1.29 is 28.7 Å². The van der Waals surface area contributed by atoms with Gasteiger partial charge in [-0.05, 0) is 12.5 Å². The summed E-state index contributed by atoms with van der Waals surface area (Å²) in [5, 5.41) is 13.3. The van der Waals surface area contributed by atoms with Gasteiger partial charge in [0.2, 0.25) is 0 Å². The first-order chi connectivity index (χ1) is 11.1. The molecule has 1 fully saturated rings. The van der Waals surface area contributed by atoms with Gasteiger partial charge >= 0.3 is 13.5 Å². The Morgan fingerprint density at radius 2 is 2.29 bits per heavy atom. The third-order valence-corrected chi connectivity index (χ3v) is 3.86. The molecule has 1 aliphatic rings. The lowest BCUT2D eigenvalue weighted by molar-refractivity contribution is -0.122. The van der Waals surface area contributed by atoms with E-state index in [-0.39, 0.29) is 12.0 Å². The van der Waals surface area contributed by atoms with Crippen molar-refractivity contribution in [3.05, 3.63) is 43.0 Å². The predicted octanol–water partition coefficient (Wildman–Crippen LogP) is -0.759. The highest BCUT2D eigenvalue weighted by Gasteiger charge is 2.50. The molecule has 2 heterocycles. The summed E-state index contributed by atoms with van der Waals surface area (Å²) < 4.78 is 21.4. The van der Waals surface area contributed by atoms with E-state index < -0.39 is 43.7 Å². The summed E-state index contributed by atoms with van der Waals surface area (Å²) in [6.45, 7) is 0.508. The van der Waals surface area contributed by atoms with E-state index in [1.54, 1.807) is 0 Å². The molecular formula is C10H14N5O8P. The first-order valence-corrected chi connectivity index (χ1v) is 8.05. The van der Waals surface area contributed by atoms with Gasteiger partial charge in [-0.2, -0.15) is 0 Å². The number of azide groups is 1. The maximum Gasteiger partial charge on any atom is 0.469 e. The summed E-state index contributed by atoms with van der Waals surface area (Å²) >= 11 is 0. The van der Waals surface area contributed by atoms with Crippen molar-refractivity contribution in [2.45, 2.75) is 31.4 Å². The molecule has 1 unspecified atom stereocenters. The Balaban J connectivity index is 2.37. The fraction of sp³-hybridized carbons (Fsp3) is 0.600. The van der Waals surface area contributed by atoms with Crippen molar-refractivity contribution in [3.63, 3.8) is 0 Å². The summed E-state index contributed by atoms with van der Waals surface area (Å²) in [6.07, 6.45) is -1.71. The van der Waals surface area contributed by atoms with E-state index in [0.717, 1.165) is 4.57 Å². The lowest BCUT2D eigenvalue weighted by Crippen LogP contribution is -2.41. The number of hydrogen-bond donors (Lipinski definition) is 4. The summed E-state index contributed by atoms with van der Waals surface area (Å²) in [5.74, 6) is 0. The first kappa shape index (κ1) is 18.4. The van der Waals surface area contributed by atoms with Crippen LogP contribution in [0, 0.1) is 6.92 Å². The standard InChI is InChI=1S/C10H14N5O8P/c1-5-3-15(9(18)12-8(5)17)7-2-6(16)10(23-7,13-14-11)4-22-24(19,20)21/h3,6-7,16H,2,4H2,1H3,(H,12,17,18)(H2,19,20,21)/t6?,7-,10-/m1/s1. The molecule has 0 spiro atoms. The molecule has 2 rings (SSSR count). The van der Waals surface area contributed by atoms with Gasteiger partial charge in [0.15, 0.2) is 5.72 Å².